The van der Waals surface area contributed by atoms with E-state index >= 15 is 0 Å². The van der Waals surface area contributed by atoms with Crippen molar-refractivity contribution < 1.29 is 37.4 Å². The van der Waals surface area contributed by atoms with Gasteiger partial charge in [-0.1, -0.05) is 29.8 Å². The Hall–Kier alpha value is -3.99. The number of ether oxygens (including phenoxy) is 1. The summed E-state index contributed by atoms with van der Waals surface area (Å²) in [4.78, 5) is 39.2. The minimum Gasteiger partial charge on any atom is -0.481 e. The number of amides is 2. The van der Waals surface area contributed by atoms with E-state index in [9.17, 15) is 23.2 Å². The predicted octanol–water partition coefficient (Wildman–Crippen LogP) is 5.21. The average molecular weight is 506 g/mol. The van der Waals surface area contributed by atoms with Crippen LogP contribution in [0.1, 0.15) is 18.6 Å². The van der Waals surface area contributed by atoms with Crippen LogP contribution in [0.25, 0.3) is 11.3 Å². The number of nitrogens with one attached hydrogen (secondary N) is 2. The van der Waals surface area contributed by atoms with E-state index in [4.69, 9.17) is 25.9 Å². The van der Waals surface area contributed by atoms with Gasteiger partial charge >= 0.3 is 12.1 Å². The maximum Gasteiger partial charge on any atom is 0.413 e. The maximum atomic E-state index is 13.5. The normalized spacial score (nSPS) is 18.9. The van der Waals surface area contributed by atoms with E-state index in [1.54, 1.807) is 31.2 Å². The number of carboxylic acids is 1. The molecular formula is C23H18ClF2N3O6. The summed E-state index contributed by atoms with van der Waals surface area (Å²) in [5.41, 5.74) is 1.25. The quantitative estimate of drug-likeness (QED) is 0.401. The Kier molecular flexibility index (Phi) is 6.44. The molecule has 182 valence electrons. The number of carbonyl (C=O) groups excluding carboxylic acids is 2. The second-order valence-corrected chi connectivity index (χ2v) is 8.17. The van der Waals surface area contributed by atoms with Gasteiger partial charge in [0.2, 0.25) is 5.91 Å². The van der Waals surface area contributed by atoms with Gasteiger partial charge in [-0.3, -0.25) is 14.9 Å². The molecule has 0 radical (unpaired) electrons. The zero-order valence-corrected chi connectivity index (χ0v) is 18.8. The summed E-state index contributed by atoms with van der Waals surface area (Å²) in [6.45, 7) is 1.66. The monoisotopic (exact) mass is 505 g/mol. The van der Waals surface area contributed by atoms with Gasteiger partial charge in [0.15, 0.2) is 18.0 Å². The van der Waals surface area contributed by atoms with Crippen LogP contribution in [0.3, 0.4) is 0 Å². The fraction of sp³-hybridized carbons (Fsp3) is 0.217. The smallest absolute Gasteiger partial charge is 0.413 e. The number of alkyl halides is 2. The molecule has 1 aliphatic rings. The molecule has 0 bridgehead atoms. The van der Waals surface area contributed by atoms with Crippen molar-refractivity contribution in [3.05, 3.63) is 65.5 Å². The largest absolute Gasteiger partial charge is 0.481 e. The highest BCUT2D eigenvalue weighted by atomic mass is 35.5. The number of anilines is 2. The van der Waals surface area contributed by atoms with Crippen LogP contribution in [0.5, 0.6) is 0 Å². The minimum atomic E-state index is -3.59. The Morgan fingerprint density at radius 3 is 2.43 bits per heavy atom. The highest BCUT2D eigenvalue weighted by molar-refractivity contribution is 6.31. The fourth-order valence-corrected chi connectivity index (χ4v) is 3.87. The van der Waals surface area contributed by atoms with Crippen molar-refractivity contribution in [2.45, 2.75) is 19.0 Å². The number of rotatable bonds is 7. The van der Waals surface area contributed by atoms with Crippen LogP contribution >= 0.6 is 11.6 Å². The number of halogens is 3. The van der Waals surface area contributed by atoms with Crippen LogP contribution in [-0.4, -0.2) is 34.0 Å². The molecule has 2 aromatic carbocycles. The van der Waals surface area contributed by atoms with Gasteiger partial charge in [-0.2, -0.15) is 4.98 Å². The standard InChI is InChI=1S/C23H18ClF2N3O6/c1-11(14-4-2-3-5-15(14)24)35-22(33)29-19-18(34-10-27-19)12-6-8-13(9-7-12)28-20(30)16-17(21(31)32)23(16,25)26/h2-11,16-17H,1H3,(H,28,30)(H,29,33)(H,31,32)/t11-,16+,17+/m1/s1. The molecule has 0 aliphatic heterocycles. The number of benzene rings is 2. The SMILES string of the molecule is C[C@@H](OC(=O)Nc1ncoc1-c1ccc(NC(=O)[C@@H]2[C@@H](C(=O)O)C2(F)F)cc1)c1ccccc1Cl. The molecule has 1 aliphatic carbocycles. The molecular weight excluding hydrogens is 488 g/mol. The van der Waals surface area contributed by atoms with Gasteiger partial charge in [0.1, 0.15) is 17.9 Å². The van der Waals surface area contributed by atoms with Crippen LogP contribution < -0.4 is 10.6 Å². The Morgan fingerprint density at radius 1 is 1.11 bits per heavy atom. The lowest BCUT2D eigenvalue weighted by Crippen LogP contribution is -2.18. The second-order valence-electron chi connectivity index (χ2n) is 7.76. The summed E-state index contributed by atoms with van der Waals surface area (Å²) in [5, 5.41) is 14.0. The molecule has 2 amide bonds. The number of aliphatic carboxylic acids is 1. The Bertz CT molecular complexity index is 1280. The van der Waals surface area contributed by atoms with Crippen LogP contribution in [0, 0.1) is 11.8 Å². The van der Waals surface area contributed by atoms with Crippen molar-refractivity contribution in [2.75, 3.05) is 10.6 Å². The van der Waals surface area contributed by atoms with Crippen molar-refractivity contribution in [2.24, 2.45) is 11.8 Å². The molecule has 3 aromatic rings. The first kappa shape index (κ1) is 24.1. The van der Waals surface area contributed by atoms with Gasteiger partial charge in [0.05, 0.1) is 0 Å². The van der Waals surface area contributed by atoms with E-state index < -0.39 is 41.8 Å². The highest BCUT2D eigenvalue weighted by Crippen LogP contribution is 2.55. The lowest BCUT2D eigenvalue weighted by molar-refractivity contribution is -0.141. The molecule has 1 aromatic heterocycles. The first-order valence-corrected chi connectivity index (χ1v) is 10.6. The molecule has 0 unspecified atom stereocenters. The van der Waals surface area contributed by atoms with Crippen molar-refractivity contribution in [3.63, 3.8) is 0 Å². The van der Waals surface area contributed by atoms with Crippen molar-refractivity contribution >= 4 is 41.1 Å². The summed E-state index contributed by atoms with van der Waals surface area (Å²) in [7, 11) is 0. The van der Waals surface area contributed by atoms with Crippen LogP contribution in [0.4, 0.5) is 25.1 Å². The Morgan fingerprint density at radius 2 is 1.80 bits per heavy atom. The number of carboxylic acid groups (broad SMARTS) is 1. The fourth-order valence-electron chi connectivity index (χ4n) is 3.58. The molecule has 0 saturated heterocycles. The molecule has 4 rings (SSSR count). The molecule has 1 fully saturated rings. The van der Waals surface area contributed by atoms with Crippen molar-refractivity contribution in [1.29, 1.82) is 0 Å². The predicted molar refractivity (Wildman–Crippen MR) is 120 cm³/mol. The molecule has 1 saturated carbocycles. The number of carbonyl (C=O) groups is 3. The number of hydrogen-bond donors (Lipinski definition) is 3. The summed E-state index contributed by atoms with van der Waals surface area (Å²) in [6.07, 6.45) is -0.324. The van der Waals surface area contributed by atoms with Gasteiger partial charge in [-0.05, 0) is 37.3 Å². The van der Waals surface area contributed by atoms with Crippen LogP contribution in [-0.2, 0) is 14.3 Å². The first-order valence-electron chi connectivity index (χ1n) is 10.3. The van der Waals surface area contributed by atoms with E-state index in [2.05, 4.69) is 15.6 Å². The topological polar surface area (TPSA) is 131 Å². The first-order chi connectivity index (χ1) is 16.6. The summed E-state index contributed by atoms with van der Waals surface area (Å²) < 4.78 is 37.8. The van der Waals surface area contributed by atoms with Crippen molar-refractivity contribution in [1.82, 2.24) is 4.98 Å². The minimum absolute atomic E-state index is 0.0695. The van der Waals surface area contributed by atoms with E-state index in [-0.39, 0.29) is 17.3 Å². The third-order valence-electron chi connectivity index (χ3n) is 5.43. The van der Waals surface area contributed by atoms with E-state index in [0.29, 0.717) is 16.1 Å². The molecule has 9 nitrogen and oxygen atoms in total. The van der Waals surface area contributed by atoms with Crippen LogP contribution in [0.15, 0.2) is 59.3 Å². The maximum absolute atomic E-state index is 13.5. The molecule has 0 spiro atoms. The second kappa shape index (κ2) is 9.34. The Balaban J connectivity index is 1.39. The number of nitrogens with zero attached hydrogens (tertiary/aromatic N) is 1. The number of oxazole rings is 1. The molecule has 12 heteroatoms. The molecule has 35 heavy (non-hydrogen) atoms. The third kappa shape index (κ3) is 4.94. The average Bonchev–Trinajstić information content (AvgIpc) is 3.12. The highest BCUT2D eigenvalue weighted by Gasteiger charge is 2.75. The molecule has 3 atom stereocenters. The van der Waals surface area contributed by atoms with Gasteiger partial charge in [0, 0.05) is 21.8 Å². The lowest BCUT2D eigenvalue weighted by atomic mass is 10.1. The summed E-state index contributed by atoms with van der Waals surface area (Å²) in [6, 6.07) is 12.7. The summed E-state index contributed by atoms with van der Waals surface area (Å²) >= 11 is 6.12. The number of aromatic nitrogens is 1. The summed E-state index contributed by atoms with van der Waals surface area (Å²) in [5.74, 6) is -10.1. The van der Waals surface area contributed by atoms with E-state index in [1.165, 1.54) is 24.3 Å². The number of hydrogen-bond acceptors (Lipinski definition) is 6. The van der Waals surface area contributed by atoms with E-state index in [0.717, 1.165) is 6.39 Å². The molecule has 1 heterocycles. The zero-order valence-electron chi connectivity index (χ0n) is 18.0. The third-order valence-corrected chi connectivity index (χ3v) is 5.78. The van der Waals surface area contributed by atoms with Gasteiger partial charge in [-0.15, -0.1) is 0 Å². The van der Waals surface area contributed by atoms with Gasteiger partial charge < -0.3 is 19.6 Å². The molecule has 3 N–H and O–H groups in total. The lowest BCUT2D eigenvalue weighted by Gasteiger charge is -2.15. The van der Waals surface area contributed by atoms with E-state index in [1.807, 2.05) is 0 Å². The van der Waals surface area contributed by atoms with Gasteiger partial charge in [-0.25, -0.2) is 13.6 Å². The van der Waals surface area contributed by atoms with Crippen molar-refractivity contribution in [3.8, 4) is 11.3 Å². The van der Waals surface area contributed by atoms with Gasteiger partial charge in [0.25, 0.3) is 5.92 Å². The zero-order chi connectivity index (χ0) is 25.3. The van der Waals surface area contributed by atoms with Crippen LogP contribution in [0.2, 0.25) is 5.02 Å². The Labute approximate surface area is 202 Å².